The van der Waals surface area contributed by atoms with Crippen molar-refractivity contribution in [1.29, 1.82) is 5.41 Å². The third-order valence-electron chi connectivity index (χ3n) is 7.36. The van der Waals surface area contributed by atoms with E-state index in [1.165, 1.54) is 33.6 Å². The number of halogens is 2. The van der Waals surface area contributed by atoms with E-state index in [1.54, 1.807) is 0 Å². The van der Waals surface area contributed by atoms with Crippen LogP contribution in [0.4, 0.5) is 0 Å². The molecule has 1 N–H and O–H groups in total. The Hall–Kier alpha value is -2.32. The van der Waals surface area contributed by atoms with Gasteiger partial charge in [-0.2, -0.15) is 0 Å². The number of nitrogens with one attached hydrogen (secondary N) is 1. The molecule has 3 aromatic carbocycles. The molecule has 6 heteroatoms. The van der Waals surface area contributed by atoms with Crippen molar-refractivity contribution < 1.29 is 4.79 Å². The van der Waals surface area contributed by atoms with E-state index in [0.29, 0.717) is 18.7 Å². The number of aryl methyl sites for hydroxylation is 1. The van der Waals surface area contributed by atoms with E-state index in [4.69, 9.17) is 8.62 Å². The van der Waals surface area contributed by atoms with Gasteiger partial charge in [-0.15, -0.1) is 0 Å². The number of benzene rings is 3. The van der Waals surface area contributed by atoms with Crippen molar-refractivity contribution in [3.63, 3.8) is 0 Å². The number of nitrogens with zero attached hydrogens (tertiary/aromatic N) is 2. The van der Waals surface area contributed by atoms with Crippen LogP contribution < -0.4 is 0 Å². The van der Waals surface area contributed by atoms with E-state index >= 15 is 0 Å². The van der Waals surface area contributed by atoms with E-state index in [-0.39, 0.29) is 5.78 Å². The number of hydrogen-bond acceptors (Lipinski definition) is 3. The zero-order valence-corrected chi connectivity index (χ0v) is 25.2. The van der Waals surface area contributed by atoms with E-state index in [9.17, 15) is 4.79 Å². The molecule has 0 bridgehead atoms. The van der Waals surface area contributed by atoms with E-state index < -0.39 is 20.1 Å². The van der Waals surface area contributed by atoms with Gasteiger partial charge in [0.1, 0.15) is 0 Å². The molecule has 0 radical (unpaired) electrons. The Morgan fingerprint density at radius 2 is 1.76 bits per heavy atom. The number of Topliss-reactive ketones (excluding diaryl/α,β-unsaturated/α-hetero) is 1. The van der Waals surface area contributed by atoms with Crippen molar-refractivity contribution in [2.45, 2.75) is 46.0 Å². The summed E-state index contributed by atoms with van der Waals surface area (Å²) < 4.78 is 8.16. The SMILES string of the molecule is CCC1CCN(C(=N)c2ccc(CCC(=O)C3=CC(C)=NI3c3ccc4cc(Br)ccc4c3)cc2)CC1. The summed E-state index contributed by atoms with van der Waals surface area (Å²) in [6.07, 6.45) is 6.82. The summed E-state index contributed by atoms with van der Waals surface area (Å²) in [6, 6.07) is 21.1. The number of carbonyl (C=O) groups excluding carboxylic acids is 1. The Kier molecular flexibility index (Phi) is 8.24. The van der Waals surface area contributed by atoms with Gasteiger partial charge in [0.25, 0.3) is 0 Å². The van der Waals surface area contributed by atoms with Crippen LogP contribution >= 0.6 is 36.0 Å². The summed E-state index contributed by atoms with van der Waals surface area (Å²) in [5.41, 5.74) is 3.07. The molecule has 1 saturated heterocycles. The predicted molar refractivity (Wildman–Crippen MR) is 167 cm³/mol. The molecule has 2 heterocycles. The first-order chi connectivity index (χ1) is 17.9. The minimum absolute atomic E-state index is 0.220. The zero-order valence-electron chi connectivity index (χ0n) is 21.4. The second kappa shape index (κ2) is 11.6. The predicted octanol–water partition coefficient (Wildman–Crippen LogP) is 8.20. The maximum absolute atomic E-state index is 13.3. The summed E-state index contributed by atoms with van der Waals surface area (Å²) in [7, 11) is 0. The van der Waals surface area contributed by atoms with Gasteiger partial charge in [0, 0.05) is 0 Å². The average Bonchev–Trinajstić information content (AvgIpc) is 3.33. The Balaban J connectivity index is 1.22. The Morgan fingerprint density at radius 3 is 2.49 bits per heavy atom. The van der Waals surface area contributed by atoms with Gasteiger partial charge in [0.2, 0.25) is 0 Å². The molecule has 3 aromatic rings. The van der Waals surface area contributed by atoms with Gasteiger partial charge in [-0.1, -0.05) is 13.3 Å². The van der Waals surface area contributed by atoms with Crippen LogP contribution in [0.3, 0.4) is 0 Å². The molecule has 2 aliphatic rings. The normalized spacial score (nSPS) is 17.2. The molecular formula is C31H33BrIN3O. The number of carbonyl (C=O) groups is 1. The third kappa shape index (κ3) is 6.06. The number of piperidine rings is 1. The van der Waals surface area contributed by atoms with Gasteiger partial charge < -0.3 is 0 Å². The number of allylic oxidation sites excluding steroid dienone is 2. The number of ketones is 1. The third-order valence-corrected chi connectivity index (χ3v) is 13.0. The molecule has 192 valence electrons. The van der Waals surface area contributed by atoms with Gasteiger partial charge >= 0.3 is 218 Å². The molecule has 0 aliphatic carbocycles. The molecule has 0 aromatic heterocycles. The van der Waals surface area contributed by atoms with Crippen LogP contribution in [0.25, 0.3) is 10.8 Å². The first-order valence-electron chi connectivity index (χ1n) is 13.0. The summed E-state index contributed by atoms with van der Waals surface area (Å²) in [4.78, 5) is 15.5. The summed E-state index contributed by atoms with van der Waals surface area (Å²) in [5, 5.41) is 11.0. The number of rotatable bonds is 7. The van der Waals surface area contributed by atoms with E-state index in [0.717, 1.165) is 43.9 Å². The summed E-state index contributed by atoms with van der Waals surface area (Å²) in [5.74, 6) is 1.65. The Morgan fingerprint density at radius 1 is 1.05 bits per heavy atom. The first kappa shape index (κ1) is 26.3. The van der Waals surface area contributed by atoms with E-state index in [2.05, 4.69) is 76.3 Å². The van der Waals surface area contributed by atoms with Crippen LogP contribution in [0.15, 0.2) is 78.0 Å². The van der Waals surface area contributed by atoms with Crippen LogP contribution in [0.5, 0.6) is 0 Å². The second-order valence-corrected chi connectivity index (χ2v) is 15.2. The van der Waals surface area contributed by atoms with Crippen LogP contribution in [-0.2, 0) is 11.2 Å². The van der Waals surface area contributed by atoms with Gasteiger partial charge in [0.15, 0.2) is 0 Å². The van der Waals surface area contributed by atoms with Crippen LogP contribution in [-0.4, -0.2) is 35.3 Å². The van der Waals surface area contributed by atoms with Crippen molar-refractivity contribution in [1.82, 2.24) is 4.90 Å². The van der Waals surface area contributed by atoms with Crippen molar-refractivity contribution >= 4 is 64.1 Å². The fourth-order valence-electron chi connectivity index (χ4n) is 5.04. The monoisotopic (exact) mass is 669 g/mol. The van der Waals surface area contributed by atoms with Gasteiger partial charge in [0.05, 0.1) is 0 Å². The molecule has 2 aliphatic heterocycles. The molecule has 1 fully saturated rings. The Labute approximate surface area is 235 Å². The zero-order chi connectivity index (χ0) is 25.9. The van der Waals surface area contributed by atoms with Crippen LogP contribution in [0.2, 0.25) is 0 Å². The van der Waals surface area contributed by atoms with Gasteiger partial charge in [-0.25, -0.2) is 0 Å². The van der Waals surface area contributed by atoms with Crippen LogP contribution in [0.1, 0.15) is 50.7 Å². The number of amidine groups is 1. The summed E-state index contributed by atoms with van der Waals surface area (Å²) in [6.45, 7) is 6.22. The maximum atomic E-state index is 13.3. The molecule has 5 rings (SSSR count). The molecule has 0 atom stereocenters. The molecule has 0 spiro atoms. The minimum atomic E-state index is -2.12. The molecule has 4 nitrogen and oxygen atoms in total. The molecule has 0 saturated carbocycles. The van der Waals surface area contributed by atoms with Crippen LogP contribution in [0, 0.1) is 14.9 Å². The molecule has 0 unspecified atom stereocenters. The quantitative estimate of drug-likeness (QED) is 0.157. The van der Waals surface area contributed by atoms with Crippen molar-refractivity contribution in [2.24, 2.45) is 9.12 Å². The fraction of sp³-hybridized carbons (Fsp3) is 0.323. The molecule has 37 heavy (non-hydrogen) atoms. The second-order valence-electron chi connectivity index (χ2n) is 9.92. The molecule has 0 amide bonds. The number of hydrogen-bond donors (Lipinski definition) is 1. The van der Waals surface area contributed by atoms with Gasteiger partial charge in [-0.3, -0.25) is 0 Å². The number of likely N-dealkylation sites (tertiary alicyclic amines) is 1. The van der Waals surface area contributed by atoms with Gasteiger partial charge in [-0.05, 0) is 5.92 Å². The van der Waals surface area contributed by atoms with Crippen molar-refractivity contribution in [3.8, 4) is 0 Å². The molecular weight excluding hydrogens is 637 g/mol. The first-order valence-corrected chi connectivity index (χ1v) is 16.9. The standard InChI is InChI=1S/C31H33BrIN3O/c1-3-22-14-16-36(17-15-22)31(34)24-7-4-23(5-8-24)6-13-30(37)29-18-21(2)35-33(29)28-12-10-25-19-27(32)11-9-26(25)20-28/h4-5,7-12,18-20,22,34H,3,6,13-17H2,1-2H3. The topological polar surface area (TPSA) is 56.5 Å². The Bertz CT molecular complexity index is 1390. The van der Waals surface area contributed by atoms with Crippen molar-refractivity contribution in [3.05, 3.63) is 89.5 Å². The summed E-state index contributed by atoms with van der Waals surface area (Å²) >= 11 is 1.42. The number of fused-ring (bicyclic) bond motifs is 1. The average molecular weight is 670 g/mol. The van der Waals surface area contributed by atoms with E-state index in [1.807, 2.05) is 25.1 Å². The fourth-order valence-corrected chi connectivity index (χ4v) is 10.3. The van der Waals surface area contributed by atoms with Crippen molar-refractivity contribution in [2.75, 3.05) is 13.1 Å².